The number of carbonyl (C=O) groups is 1. The zero-order valence-electron chi connectivity index (χ0n) is 13.8. The molecule has 0 radical (unpaired) electrons. The Morgan fingerprint density at radius 3 is 2.87 bits per heavy atom. The molecule has 1 aliphatic rings. The minimum Gasteiger partial charge on any atom is -0.348 e. The maximum absolute atomic E-state index is 12.3. The molecule has 6 heteroatoms. The van der Waals surface area contributed by atoms with Gasteiger partial charge in [0.1, 0.15) is 0 Å². The maximum Gasteiger partial charge on any atom is 0.234 e. The molecular weight excluding hydrogens is 333 g/mol. The first-order valence-corrected chi connectivity index (χ1v) is 8.40. The summed E-state index contributed by atoms with van der Waals surface area (Å²) in [6.45, 7) is 4.51. The largest absolute Gasteiger partial charge is 0.348 e. The van der Waals surface area contributed by atoms with Crippen molar-refractivity contribution in [3.8, 4) is 0 Å². The number of nitrogens with one attached hydrogen (secondary N) is 2. The number of hydrogen-bond donors (Lipinski definition) is 2. The minimum absolute atomic E-state index is 0. The number of halogens is 2. The van der Waals surface area contributed by atoms with Crippen LogP contribution in [0.3, 0.4) is 0 Å². The fourth-order valence-corrected chi connectivity index (χ4v) is 3.29. The van der Waals surface area contributed by atoms with Crippen molar-refractivity contribution < 1.29 is 4.79 Å². The summed E-state index contributed by atoms with van der Waals surface area (Å²) < 4.78 is 0. The summed E-state index contributed by atoms with van der Waals surface area (Å²) in [6, 6.07) is 8.04. The van der Waals surface area contributed by atoms with Crippen molar-refractivity contribution >= 4 is 29.9 Å². The molecule has 0 aliphatic carbocycles. The van der Waals surface area contributed by atoms with Crippen LogP contribution >= 0.6 is 24.0 Å². The molecule has 1 fully saturated rings. The van der Waals surface area contributed by atoms with E-state index in [2.05, 4.69) is 15.5 Å². The predicted octanol–water partition coefficient (Wildman–Crippen LogP) is 3.01. The van der Waals surface area contributed by atoms with Gasteiger partial charge < -0.3 is 10.6 Å². The SMILES string of the molecule is CC(NC(=O)CN(C)C1CCCNCC1)c1ccccc1Cl.Cl. The highest BCUT2D eigenvalue weighted by Gasteiger charge is 2.20. The first-order valence-electron chi connectivity index (χ1n) is 8.02. The Hall–Kier alpha value is -0.810. The molecule has 23 heavy (non-hydrogen) atoms. The van der Waals surface area contributed by atoms with Crippen molar-refractivity contribution in [2.75, 3.05) is 26.7 Å². The van der Waals surface area contributed by atoms with Crippen LogP contribution in [0.1, 0.15) is 37.8 Å². The van der Waals surface area contributed by atoms with E-state index < -0.39 is 0 Å². The van der Waals surface area contributed by atoms with Gasteiger partial charge in [0, 0.05) is 11.1 Å². The zero-order valence-corrected chi connectivity index (χ0v) is 15.4. The van der Waals surface area contributed by atoms with Gasteiger partial charge in [0.05, 0.1) is 12.6 Å². The Morgan fingerprint density at radius 2 is 2.13 bits per heavy atom. The summed E-state index contributed by atoms with van der Waals surface area (Å²) in [5.41, 5.74) is 0.957. The van der Waals surface area contributed by atoms with Crippen molar-refractivity contribution in [1.82, 2.24) is 15.5 Å². The van der Waals surface area contributed by atoms with Gasteiger partial charge in [0.25, 0.3) is 0 Å². The number of hydrogen-bond acceptors (Lipinski definition) is 3. The first-order chi connectivity index (χ1) is 10.6. The molecule has 1 aromatic rings. The lowest BCUT2D eigenvalue weighted by Gasteiger charge is -2.27. The van der Waals surface area contributed by atoms with Gasteiger partial charge >= 0.3 is 0 Å². The van der Waals surface area contributed by atoms with E-state index >= 15 is 0 Å². The third kappa shape index (κ3) is 6.30. The third-order valence-electron chi connectivity index (χ3n) is 4.31. The fraction of sp³-hybridized carbons (Fsp3) is 0.588. The quantitative estimate of drug-likeness (QED) is 0.849. The molecule has 2 N–H and O–H groups in total. The molecule has 1 saturated heterocycles. The van der Waals surface area contributed by atoms with Gasteiger partial charge in [-0.25, -0.2) is 0 Å². The van der Waals surface area contributed by atoms with E-state index in [1.807, 2.05) is 38.2 Å². The van der Waals surface area contributed by atoms with Crippen LogP contribution < -0.4 is 10.6 Å². The average Bonchev–Trinajstić information content (AvgIpc) is 2.76. The monoisotopic (exact) mass is 359 g/mol. The number of nitrogens with zero attached hydrogens (tertiary/aromatic N) is 1. The van der Waals surface area contributed by atoms with E-state index in [1.54, 1.807) is 0 Å². The van der Waals surface area contributed by atoms with Crippen LogP contribution in [0.2, 0.25) is 5.02 Å². The van der Waals surface area contributed by atoms with Crippen LogP contribution in [0.5, 0.6) is 0 Å². The molecule has 1 aromatic carbocycles. The van der Waals surface area contributed by atoms with E-state index in [4.69, 9.17) is 11.6 Å². The Labute approximate surface area is 150 Å². The van der Waals surface area contributed by atoms with Crippen LogP contribution in [0.15, 0.2) is 24.3 Å². The molecule has 0 spiro atoms. The van der Waals surface area contributed by atoms with Crippen LogP contribution in [-0.4, -0.2) is 43.5 Å². The summed E-state index contributed by atoms with van der Waals surface area (Å²) in [4.78, 5) is 14.4. The van der Waals surface area contributed by atoms with Gasteiger partial charge in [-0.2, -0.15) is 0 Å². The summed E-state index contributed by atoms with van der Waals surface area (Å²) in [6.07, 6.45) is 3.42. The highest BCUT2D eigenvalue weighted by atomic mass is 35.5. The number of amides is 1. The molecule has 2 rings (SSSR count). The predicted molar refractivity (Wildman–Crippen MR) is 98.4 cm³/mol. The maximum atomic E-state index is 12.3. The van der Waals surface area contributed by atoms with E-state index in [0.717, 1.165) is 31.5 Å². The highest BCUT2D eigenvalue weighted by molar-refractivity contribution is 6.31. The summed E-state index contributed by atoms with van der Waals surface area (Å²) in [5, 5.41) is 7.14. The van der Waals surface area contributed by atoms with E-state index in [0.29, 0.717) is 17.6 Å². The molecule has 4 nitrogen and oxygen atoms in total. The average molecular weight is 360 g/mol. The molecule has 130 valence electrons. The second kappa shape index (κ2) is 10.1. The molecule has 1 amide bonds. The van der Waals surface area contributed by atoms with Gasteiger partial charge in [-0.3, -0.25) is 9.69 Å². The summed E-state index contributed by atoms with van der Waals surface area (Å²) >= 11 is 6.18. The van der Waals surface area contributed by atoms with E-state index in [9.17, 15) is 4.79 Å². The van der Waals surface area contributed by atoms with Gasteiger partial charge in [-0.05, 0) is 58.0 Å². The Balaban J connectivity index is 0.00000264. The zero-order chi connectivity index (χ0) is 15.9. The number of likely N-dealkylation sites (N-methyl/N-ethyl adjacent to an activating group) is 1. The second-order valence-corrected chi connectivity index (χ2v) is 6.47. The van der Waals surface area contributed by atoms with Crippen LogP contribution in [-0.2, 0) is 4.79 Å². The van der Waals surface area contributed by atoms with Gasteiger partial charge in [-0.1, -0.05) is 29.8 Å². The van der Waals surface area contributed by atoms with Crippen LogP contribution in [0.25, 0.3) is 0 Å². The van der Waals surface area contributed by atoms with Crippen molar-refractivity contribution in [1.29, 1.82) is 0 Å². The fourth-order valence-electron chi connectivity index (χ4n) is 2.99. The summed E-state index contributed by atoms with van der Waals surface area (Å²) in [7, 11) is 2.04. The molecular formula is C17H27Cl2N3O. The molecule has 2 unspecified atom stereocenters. The topological polar surface area (TPSA) is 44.4 Å². The van der Waals surface area contributed by atoms with Gasteiger partial charge in [0.15, 0.2) is 0 Å². The lowest BCUT2D eigenvalue weighted by atomic mass is 10.1. The number of benzene rings is 1. The second-order valence-electron chi connectivity index (χ2n) is 6.06. The van der Waals surface area contributed by atoms with Gasteiger partial charge in [0.2, 0.25) is 5.91 Å². The van der Waals surface area contributed by atoms with Crippen molar-refractivity contribution in [3.63, 3.8) is 0 Å². The van der Waals surface area contributed by atoms with E-state index in [1.165, 1.54) is 6.42 Å². The van der Waals surface area contributed by atoms with Crippen molar-refractivity contribution in [3.05, 3.63) is 34.9 Å². The van der Waals surface area contributed by atoms with Crippen LogP contribution in [0, 0.1) is 0 Å². The Kier molecular flexibility index (Phi) is 8.92. The number of rotatable bonds is 5. The third-order valence-corrected chi connectivity index (χ3v) is 4.66. The van der Waals surface area contributed by atoms with Gasteiger partial charge in [-0.15, -0.1) is 12.4 Å². The van der Waals surface area contributed by atoms with E-state index in [-0.39, 0.29) is 24.4 Å². The minimum atomic E-state index is -0.0783. The van der Waals surface area contributed by atoms with Crippen LogP contribution in [0.4, 0.5) is 0 Å². The summed E-state index contributed by atoms with van der Waals surface area (Å²) in [5.74, 6) is 0.0483. The normalized spacial score (nSPS) is 19.6. The molecule has 0 bridgehead atoms. The Bertz CT molecular complexity index is 490. The smallest absolute Gasteiger partial charge is 0.234 e. The molecule has 2 atom stereocenters. The standard InChI is InChI=1S/C17H26ClN3O.ClH/c1-13(15-7-3-4-8-16(15)18)20-17(22)12-21(2)14-6-5-10-19-11-9-14;/h3-4,7-8,13-14,19H,5-6,9-12H2,1-2H3,(H,20,22);1H. The lowest BCUT2D eigenvalue weighted by Crippen LogP contribution is -2.41. The highest BCUT2D eigenvalue weighted by Crippen LogP contribution is 2.22. The Morgan fingerprint density at radius 1 is 1.39 bits per heavy atom. The molecule has 1 aliphatic heterocycles. The van der Waals surface area contributed by atoms with Crippen molar-refractivity contribution in [2.45, 2.75) is 38.3 Å². The molecule has 1 heterocycles. The first kappa shape index (κ1) is 20.2. The number of carbonyl (C=O) groups excluding carboxylic acids is 1. The molecule has 0 aromatic heterocycles. The lowest BCUT2D eigenvalue weighted by molar-refractivity contribution is -0.123. The molecule has 0 saturated carbocycles. The van der Waals surface area contributed by atoms with Crippen molar-refractivity contribution in [2.24, 2.45) is 0 Å².